The first-order chi connectivity index (χ1) is 22.1. The molecule has 0 aliphatic carbocycles. The molecule has 0 atom stereocenters. The number of allylic oxidation sites excluding steroid dienone is 10. The third-order valence-electron chi connectivity index (χ3n) is 5.86. The van der Waals surface area contributed by atoms with Crippen LogP contribution in [0, 0.1) is 0 Å². The van der Waals surface area contributed by atoms with E-state index in [0.29, 0.717) is 6.42 Å². The molecule has 0 aliphatic heterocycles. The fourth-order valence-electron chi connectivity index (χ4n) is 3.62. The molecule has 0 fully saturated rings. The minimum atomic E-state index is 0.0457. The molecule has 0 saturated heterocycles. The lowest BCUT2D eigenvalue weighted by Gasteiger charge is -2.00. The summed E-state index contributed by atoms with van der Waals surface area (Å²) >= 11 is 0. The molecule has 2 N–H and O–H groups in total. The molecule has 2 rings (SSSR count). The summed E-state index contributed by atoms with van der Waals surface area (Å²) in [5, 5.41) is 18.7. The van der Waals surface area contributed by atoms with Crippen LogP contribution in [0.1, 0.15) is 110 Å². The summed E-state index contributed by atoms with van der Waals surface area (Å²) in [6, 6.07) is 12.1. The lowest BCUT2D eigenvalue weighted by Crippen LogP contribution is -1.81. The zero-order valence-electron chi connectivity index (χ0n) is 28.8. The van der Waals surface area contributed by atoms with E-state index in [4.69, 9.17) is 4.74 Å². The fraction of sp³-hybridized carbons (Fsp3) is 0.390. The monoisotopic (exact) mass is 616 g/mol. The summed E-state index contributed by atoms with van der Waals surface area (Å²) in [5.41, 5.74) is 1.75. The SMILES string of the molecule is CC.CC.CCCCC/C=C\C/C=C\C/C=C\C/C=C\C/C=C\CCC=O.COc1ccc(/C=C/c2cc(O)cc(O)c2)cc1. The minimum absolute atomic E-state index is 0.0457. The number of aromatic hydroxyl groups is 2. The van der Waals surface area contributed by atoms with Crippen LogP contribution in [0.5, 0.6) is 17.2 Å². The number of benzene rings is 2. The lowest BCUT2D eigenvalue weighted by molar-refractivity contribution is -0.107. The van der Waals surface area contributed by atoms with Crippen molar-refractivity contribution in [3.05, 3.63) is 114 Å². The van der Waals surface area contributed by atoms with Gasteiger partial charge in [0.2, 0.25) is 0 Å². The molecule has 0 heterocycles. The summed E-state index contributed by atoms with van der Waals surface area (Å²) in [7, 11) is 1.63. The third-order valence-corrected chi connectivity index (χ3v) is 5.86. The van der Waals surface area contributed by atoms with E-state index in [2.05, 4.69) is 67.7 Å². The number of rotatable bonds is 18. The standard InChI is InChI=1S/C22H34O.C15H14O3.2C2H6/c1-2-3-4-5-6-7-8-9-10-11-12-13-14-15-16-17-18-19-20-21-22-23;1-18-15-6-4-11(5-7-15)2-3-12-8-13(16)10-14(17)9-12;2*1-2/h6-7,9-10,12-13,15-16,18-19,22H,2-5,8,11,14,17,20-21H2,1H3;2-10,16-17H,1H3;2*1-2H3/b7-6-,10-9-,13-12-,16-15-,19-18-;3-2+;;. The molecular formula is C41H60O4. The normalized spacial score (nSPS) is 11.1. The molecule has 0 aromatic heterocycles. The van der Waals surface area contributed by atoms with Crippen LogP contribution in [0.4, 0.5) is 0 Å². The highest BCUT2D eigenvalue weighted by Crippen LogP contribution is 2.22. The third kappa shape index (κ3) is 28.5. The van der Waals surface area contributed by atoms with Gasteiger partial charge in [0.05, 0.1) is 7.11 Å². The van der Waals surface area contributed by atoms with Crippen LogP contribution in [-0.2, 0) is 4.79 Å². The molecule has 0 bridgehead atoms. The molecule has 2 aromatic rings. The summed E-state index contributed by atoms with van der Waals surface area (Å²) in [4.78, 5) is 10.1. The predicted octanol–water partition coefficient (Wildman–Crippen LogP) is 12.2. The Morgan fingerprint density at radius 3 is 1.47 bits per heavy atom. The topological polar surface area (TPSA) is 66.8 Å². The van der Waals surface area contributed by atoms with Crippen molar-refractivity contribution in [2.75, 3.05) is 7.11 Å². The van der Waals surface area contributed by atoms with Gasteiger partial charge in [-0.3, -0.25) is 0 Å². The van der Waals surface area contributed by atoms with Gasteiger partial charge in [-0.15, -0.1) is 0 Å². The maximum atomic E-state index is 10.1. The van der Waals surface area contributed by atoms with Crippen molar-refractivity contribution in [1.29, 1.82) is 0 Å². The summed E-state index contributed by atoms with van der Waals surface area (Å²) < 4.78 is 5.07. The number of phenols is 2. The molecule has 2 aromatic carbocycles. The molecule has 0 amide bonds. The van der Waals surface area contributed by atoms with Gasteiger partial charge < -0.3 is 19.7 Å². The molecule has 0 spiro atoms. The van der Waals surface area contributed by atoms with Gasteiger partial charge in [-0.25, -0.2) is 0 Å². The summed E-state index contributed by atoms with van der Waals surface area (Å²) in [5.74, 6) is 0.899. The number of hydrogen-bond acceptors (Lipinski definition) is 4. The quantitative estimate of drug-likeness (QED) is 0.0757. The van der Waals surface area contributed by atoms with Crippen LogP contribution < -0.4 is 4.74 Å². The van der Waals surface area contributed by atoms with Gasteiger partial charge in [-0.05, 0) is 80.3 Å². The number of carbonyl (C=O) groups excluding carboxylic acids is 1. The Balaban J connectivity index is 0. The molecule has 45 heavy (non-hydrogen) atoms. The van der Waals surface area contributed by atoms with Crippen molar-refractivity contribution in [3.63, 3.8) is 0 Å². The van der Waals surface area contributed by atoms with E-state index in [1.54, 1.807) is 19.2 Å². The lowest BCUT2D eigenvalue weighted by atomic mass is 10.1. The summed E-state index contributed by atoms with van der Waals surface area (Å²) in [6.45, 7) is 10.2. The maximum absolute atomic E-state index is 10.1. The van der Waals surface area contributed by atoms with Gasteiger partial charge in [0.25, 0.3) is 0 Å². The number of hydrogen-bond donors (Lipinski definition) is 2. The molecule has 4 nitrogen and oxygen atoms in total. The largest absolute Gasteiger partial charge is 0.508 e. The van der Waals surface area contributed by atoms with Crippen molar-refractivity contribution in [1.82, 2.24) is 0 Å². The second kappa shape index (κ2) is 34.4. The number of carbonyl (C=O) groups is 1. The van der Waals surface area contributed by atoms with E-state index in [9.17, 15) is 15.0 Å². The Kier molecular flexibility index (Phi) is 33.0. The number of methoxy groups -OCH3 is 1. The Morgan fingerprint density at radius 1 is 0.578 bits per heavy atom. The molecule has 4 heteroatoms. The van der Waals surface area contributed by atoms with E-state index in [0.717, 1.165) is 55.3 Å². The van der Waals surface area contributed by atoms with Gasteiger partial charge in [0.1, 0.15) is 23.5 Å². The van der Waals surface area contributed by atoms with Crippen molar-refractivity contribution in [2.45, 2.75) is 98.8 Å². The first kappa shape index (κ1) is 43.1. The van der Waals surface area contributed by atoms with E-state index in [-0.39, 0.29) is 11.5 Å². The van der Waals surface area contributed by atoms with Crippen molar-refractivity contribution < 1.29 is 19.7 Å². The first-order valence-electron chi connectivity index (χ1n) is 16.6. The molecule has 0 aliphatic rings. The Labute approximate surface area is 275 Å². The van der Waals surface area contributed by atoms with E-state index in [1.807, 2.05) is 64.1 Å². The zero-order valence-corrected chi connectivity index (χ0v) is 28.8. The van der Waals surface area contributed by atoms with Crippen LogP contribution in [0.15, 0.2) is 103 Å². The van der Waals surface area contributed by atoms with Gasteiger partial charge >= 0.3 is 0 Å². The highest BCUT2D eigenvalue weighted by molar-refractivity contribution is 5.71. The number of aldehydes is 1. The molecule has 248 valence electrons. The Morgan fingerprint density at radius 2 is 1.02 bits per heavy atom. The second-order valence-electron chi connectivity index (χ2n) is 9.43. The molecule has 0 radical (unpaired) electrons. The predicted molar refractivity (Wildman–Crippen MR) is 198 cm³/mol. The van der Waals surface area contributed by atoms with E-state index >= 15 is 0 Å². The van der Waals surface area contributed by atoms with Gasteiger partial charge in [-0.1, -0.05) is 133 Å². The zero-order chi connectivity index (χ0) is 33.8. The number of unbranched alkanes of at least 4 members (excludes halogenated alkanes) is 4. The summed E-state index contributed by atoms with van der Waals surface area (Å²) in [6.07, 6.45) is 37.4. The van der Waals surface area contributed by atoms with Gasteiger partial charge in [0, 0.05) is 12.5 Å². The number of ether oxygens (including phenoxy) is 1. The Bertz CT molecular complexity index is 1100. The van der Waals surface area contributed by atoms with Crippen LogP contribution in [0.25, 0.3) is 12.2 Å². The highest BCUT2D eigenvalue weighted by Gasteiger charge is 1.96. The second-order valence-corrected chi connectivity index (χ2v) is 9.43. The number of phenolic OH excluding ortho intramolecular Hbond substituents is 2. The van der Waals surface area contributed by atoms with E-state index < -0.39 is 0 Å². The van der Waals surface area contributed by atoms with Crippen molar-refractivity contribution >= 4 is 18.4 Å². The molecule has 0 saturated carbocycles. The van der Waals surface area contributed by atoms with Crippen LogP contribution >= 0.6 is 0 Å². The average molecular weight is 617 g/mol. The smallest absolute Gasteiger partial charge is 0.120 e. The first-order valence-corrected chi connectivity index (χ1v) is 16.6. The van der Waals surface area contributed by atoms with Crippen LogP contribution in [0.2, 0.25) is 0 Å². The Hall–Kier alpha value is -4.05. The van der Waals surface area contributed by atoms with Gasteiger partial charge in [0.15, 0.2) is 0 Å². The minimum Gasteiger partial charge on any atom is -0.508 e. The van der Waals surface area contributed by atoms with Crippen molar-refractivity contribution in [3.8, 4) is 17.2 Å². The van der Waals surface area contributed by atoms with Crippen molar-refractivity contribution in [2.24, 2.45) is 0 Å². The van der Waals surface area contributed by atoms with Gasteiger partial charge in [-0.2, -0.15) is 0 Å². The fourth-order valence-corrected chi connectivity index (χ4v) is 3.62. The maximum Gasteiger partial charge on any atom is 0.120 e. The highest BCUT2D eigenvalue weighted by atomic mass is 16.5. The molecule has 0 unspecified atom stereocenters. The van der Waals surface area contributed by atoms with Crippen LogP contribution in [0.3, 0.4) is 0 Å². The van der Waals surface area contributed by atoms with Crippen LogP contribution in [-0.4, -0.2) is 23.6 Å². The van der Waals surface area contributed by atoms with E-state index in [1.165, 1.54) is 31.7 Å². The molecular weight excluding hydrogens is 556 g/mol. The average Bonchev–Trinajstić information content (AvgIpc) is 3.07.